The number of anilines is 1. The van der Waals surface area contributed by atoms with Crippen LogP contribution in [0.1, 0.15) is 24.0 Å². The largest absolute Gasteiger partial charge is 0.371 e. The molecule has 0 radical (unpaired) electrons. The van der Waals surface area contributed by atoms with Gasteiger partial charge in [0.2, 0.25) is 5.91 Å². The summed E-state index contributed by atoms with van der Waals surface area (Å²) in [5.74, 6) is 0.0396. The van der Waals surface area contributed by atoms with Gasteiger partial charge in [-0.25, -0.2) is 0 Å². The minimum atomic E-state index is 0.0396. The van der Waals surface area contributed by atoms with E-state index in [0.717, 1.165) is 31.5 Å². The number of rotatable bonds is 7. The lowest BCUT2D eigenvalue weighted by Gasteiger charge is -2.19. The fourth-order valence-corrected chi connectivity index (χ4v) is 3.82. The van der Waals surface area contributed by atoms with E-state index < -0.39 is 0 Å². The normalized spacial score (nSPS) is 13.0. The van der Waals surface area contributed by atoms with Gasteiger partial charge in [-0.1, -0.05) is 47.5 Å². The summed E-state index contributed by atoms with van der Waals surface area (Å²) in [6, 6.07) is 14.0. The maximum absolute atomic E-state index is 12.0. The molecule has 1 N–H and O–H groups in total. The summed E-state index contributed by atoms with van der Waals surface area (Å²) < 4.78 is 0. The second kappa shape index (κ2) is 8.59. The Bertz CT molecular complexity index is 728. The molecule has 0 atom stereocenters. The Hall–Kier alpha value is -1.71. The molecule has 0 aromatic heterocycles. The van der Waals surface area contributed by atoms with E-state index in [4.69, 9.17) is 23.2 Å². The van der Waals surface area contributed by atoms with Crippen molar-refractivity contribution in [1.29, 1.82) is 0 Å². The molecule has 5 heteroatoms. The molecule has 2 aromatic carbocycles. The van der Waals surface area contributed by atoms with E-state index in [1.807, 2.05) is 6.07 Å². The number of fused-ring (bicyclic) bond motifs is 1. The molecule has 0 saturated carbocycles. The maximum atomic E-state index is 12.0. The smallest absolute Gasteiger partial charge is 0.220 e. The van der Waals surface area contributed by atoms with Crippen molar-refractivity contribution in [3.8, 4) is 0 Å². The highest BCUT2D eigenvalue weighted by Gasteiger charge is 2.17. The van der Waals surface area contributed by atoms with E-state index in [0.29, 0.717) is 29.4 Å². The van der Waals surface area contributed by atoms with Crippen LogP contribution in [0.2, 0.25) is 10.0 Å². The molecule has 0 fully saturated rings. The quantitative estimate of drug-likeness (QED) is 0.721. The van der Waals surface area contributed by atoms with Crippen LogP contribution >= 0.6 is 23.2 Å². The first-order valence-corrected chi connectivity index (χ1v) is 9.43. The minimum Gasteiger partial charge on any atom is -0.371 e. The van der Waals surface area contributed by atoms with Crippen molar-refractivity contribution < 1.29 is 4.79 Å². The first-order chi connectivity index (χ1) is 12.1. The van der Waals surface area contributed by atoms with Crippen molar-refractivity contribution in [2.75, 3.05) is 24.5 Å². The summed E-state index contributed by atoms with van der Waals surface area (Å²) in [5, 5.41) is 4.23. The summed E-state index contributed by atoms with van der Waals surface area (Å²) in [6.07, 6.45) is 3.01. The molecular formula is C20H22Cl2N2O. The Morgan fingerprint density at radius 1 is 1.08 bits per heavy atom. The van der Waals surface area contributed by atoms with E-state index in [9.17, 15) is 4.79 Å². The molecule has 1 aliphatic heterocycles. The summed E-state index contributed by atoms with van der Waals surface area (Å²) in [7, 11) is 0. The third-order valence-corrected chi connectivity index (χ3v) is 5.28. The molecule has 25 heavy (non-hydrogen) atoms. The molecule has 1 amide bonds. The summed E-state index contributed by atoms with van der Waals surface area (Å²) >= 11 is 12.3. The van der Waals surface area contributed by atoms with Crippen LogP contribution in [-0.2, 0) is 17.6 Å². The Kier molecular flexibility index (Phi) is 6.22. The first-order valence-electron chi connectivity index (χ1n) is 8.67. The van der Waals surface area contributed by atoms with Crippen LogP contribution in [0.25, 0.3) is 0 Å². The van der Waals surface area contributed by atoms with Gasteiger partial charge in [-0.15, -0.1) is 0 Å². The SMILES string of the molecule is O=C(CCc1c(Cl)cccc1Cl)NCCCN1CCc2ccccc21. The topological polar surface area (TPSA) is 32.3 Å². The average molecular weight is 377 g/mol. The number of nitrogens with zero attached hydrogens (tertiary/aromatic N) is 1. The van der Waals surface area contributed by atoms with Gasteiger partial charge < -0.3 is 10.2 Å². The molecule has 0 aliphatic carbocycles. The number of nitrogens with one attached hydrogen (secondary N) is 1. The highest BCUT2D eigenvalue weighted by Crippen LogP contribution is 2.27. The third-order valence-electron chi connectivity index (χ3n) is 4.57. The van der Waals surface area contributed by atoms with Gasteiger partial charge in [0, 0.05) is 41.8 Å². The summed E-state index contributed by atoms with van der Waals surface area (Å²) in [5.41, 5.74) is 3.60. The maximum Gasteiger partial charge on any atom is 0.220 e. The number of amides is 1. The van der Waals surface area contributed by atoms with Crippen molar-refractivity contribution in [2.45, 2.75) is 25.7 Å². The number of para-hydroxylation sites is 1. The Labute approximate surface area is 158 Å². The zero-order chi connectivity index (χ0) is 17.6. The minimum absolute atomic E-state index is 0.0396. The number of hydrogen-bond acceptors (Lipinski definition) is 2. The molecule has 3 rings (SSSR count). The molecule has 0 unspecified atom stereocenters. The standard InChI is InChI=1S/C20H22Cl2N2O/c21-17-6-3-7-18(22)16(17)9-10-20(25)23-12-4-13-24-14-11-15-5-1-2-8-19(15)24/h1-3,5-8H,4,9-14H2,(H,23,25). The lowest BCUT2D eigenvalue weighted by Crippen LogP contribution is -2.29. The number of hydrogen-bond donors (Lipinski definition) is 1. The van der Waals surface area contributed by atoms with E-state index in [2.05, 4.69) is 34.5 Å². The van der Waals surface area contributed by atoms with Crippen LogP contribution < -0.4 is 10.2 Å². The summed E-state index contributed by atoms with van der Waals surface area (Å²) in [4.78, 5) is 14.4. The monoisotopic (exact) mass is 376 g/mol. The predicted molar refractivity (Wildman–Crippen MR) is 105 cm³/mol. The van der Waals surface area contributed by atoms with Crippen LogP contribution in [0, 0.1) is 0 Å². The second-order valence-corrected chi connectivity index (χ2v) is 7.08. The molecule has 0 saturated heterocycles. The van der Waals surface area contributed by atoms with Crippen molar-refractivity contribution >= 4 is 34.8 Å². The van der Waals surface area contributed by atoms with Gasteiger partial charge in [-0.05, 0) is 48.6 Å². The van der Waals surface area contributed by atoms with Gasteiger partial charge in [0.1, 0.15) is 0 Å². The molecule has 0 spiro atoms. The summed E-state index contributed by atoms with van der Waals surface area (Å²) in [6.45, 7) is 2.72. The average Bonchev–Trinajstić information content (AvgIpc) is 3.01. The van der Waals surface area contributed by atoms with Gasteiger partial charge in [-0.3, -0.25) is 4.79 Å². The Morgan fingerprint density at radius 3 is 2.64 bits per heavy atom. The predicted octanol–water partition coefficient (Wildman–Crippen LogP) is 4.50. The van der Waals surface area contributed by atoms with Crippen LogP contribution in [-0.4, -0.2) is 25.5 Å². The number of carbonyl (C=O) groups is 1. The first kappa shape index (κ1) is 18.1. The van der Waals surface area contributed by atoms with Crippen LogP contribution in [0.4, 0.5) is 5.69 Å². The number of halogens is 2. The van der Waals surface area contributed by atoms with E-state index in [-0.39, 0.29) is 5.91 Å². The van der Waals surface area contributed by atoms with E-state index in [1.54, 1.807) is 12.1 Å². The fraction of sp³-hybridized carbons (Fsp3) is 0.350. The van der Waals surface area contributed by atoms with Gasteiger partial charge in [-0.2, -0.15) is 0 Å². The second-order valence-electron chi connectivity index (χ2n) is 6.27. The molecule has 2 aromatic rings. The number of carbonyl (C=O) groups excluding carboxylic acids is 1. The van der Waals surface area contributed by atoms with Crippen LogP contribution in [0.5, 0.6) is 0 Å². The fourth-order valence-electron chi connectivity index (χ4n) is 3.23. The lowest BCUT2D eigenvalue weighted by atomic mass is 10.1. The van der Waals surface area contributed by atoms with Crippen molar-refractivity contribution in [1.82, 2.24) is 5.32 Å². The zero-order valence-electron chi connectivity index (χ0n) is 14.1. The van der Waals surface area contributed by atoms with Crippen molar-refractivity contribution in [3.05, 3.63) is 63.6 Å². The molecule has 1 aliphatic rings. The van der Waals surface area contributed by atoms with E-state index in [1.165, 1.54) is 11.3 Å². The van der Waals surface area contributed by atoms with E-state index >= 15 is 0 Å². The van der Waals surface area contributed by atoms with Gasteiger partial charge in [0.05, 0.1) is 0 Å². The Balaban J connectivity index is 1.38. The highest BCUT2D eigenvalue weighted by molar-refractivity contribution is 6.36. The molecule has 0 bridgehead atoms. The third kappa shape index (κ3) is 4.68. The number of benzene rings is 2. The van der Waals surface area contributed by atoms with Crippen LogP contribution in [0.15, 0.2) is 42.5 Å². The van der Waals surface area contributed by atoms with Crippen LogP contribution in [0.3, 0.4) is 0 Å². The van der Waals surface area contributed by atoms with Gasteiger partial charge in [0.15, 0.2) is 0 Å². The zero-order valence-corrected chi connectivity index (χ0v) is 15.6. The Morgan fingerprint density at radius 2 is 1.84 bits per heavy atom. The van der Waals surface area contributed by atoms with Crippen molar-refractivity contribution in [2.24, 2.45) is 0 Å². The van der Waals surface area contributed by atoms with Gasteiger partial charge >= 0.3 is 0 Å². The molecule has 132 valence electrons. The molecular weight excluding hydrogens is 355 g/mol. The lowest BCUT2D eigenvalue weighted by molar-refractivity contribution is -0.121. The van der Waals surface area contributed by atoms with Crippen molar-refractivity contribution in [3.63, 3.8) is 0 Å². The molecule has 1 heterocycles. The molecule has 3 nitrogen and oxygen atoms in total. The highest BCUT2D eigenvalue weighted by atomic mass is 35.5. The van der Waals surface area contributed by atoms with Gasteiger partial charge in [0.25, 0.3) is 0 Å².